The summed E-state index contributed by atoms with van der Waals surface area (Å²) >= 11 is 6.49. The van der Waals surface area contributed by atoms with Gasteiger partial charge in [-0.25, -0.2) is 13.1 Å². The van der Waals surface area contributed by atoms with Crippen molar-refractivity contribution in [3.8, 4) is 0 Å². The Morgan fingerprint density at radius 2 is 2.06 bits per heavy atom. The Kier molecular flexibility index (Phi) is 6.79. The minimum Gasteiger partial charge on any atom is -0.382 e. The van der Waals surface area contributed by atoms with Crippen molar-refractivity contribution >= 4 is 41.9 Å². The van der Waals surface area contributed by atoms with Crippen molar-refractivity contribution in [1.82, 2.24) is 4.72 Å². The van der Waals surface area contributed by atoms with Crippen LogP contribution in [0.4, 0.5) is 0 Å². The van der Waals surface area contributed by atoms with Crippen LogP contribution in [0.1, 0.15) is 13.3 Å². The lowest BCUT2D eigenvalue weighted by Crippen LogP contribution is -2.26. The molecule has 0 bridgehead atoms. The number of ether oxygens (including phenoxy) is 1. The maximum Gasteiger partial charge on any atom is 0.241 e. The minimum atomic E-state index is -3.48. The van der Waals surface area contributed by atoms with E-state index in [-0.39, 0.29) is 4.90 Å². The number of hydrogen-bond acceptors (Lipinski definition) is 3. The van der Waals surface area contributed by atoms with E-state index in [1.807, 2.05) is 6.92 Å². The quantitative estimate of drug-likeness (QED) is 0.716. The van der Waals surface area contributed by atoms with Crippen molar-refractivity contribution in [2.24, 2.45) is 0 Å². The fourth-order valence-electron chi connectivity index (χ4n) is 1.29. The third kappa shape index (κ3) is 4.97. The van der Waals surface area contributed by atoms with E-state index < -0.39 is 10.0 Å². The lowest BCUT2D eigenvalue weighted by atomic mass is 10.4. The SMILES string of the molecule is CCOCCCNS(=O)(=O)c1cc(Br)ccc1Br. The zero-order valence-electron chi connectivity index (χ0n) is 9.95. The van der Waals surface area contributed by atoms with Gasteiger partial charge in [0.1, 0.15) is 0 Å². The summed E-state index contributed by atoms with van der Waals surface area (Å²) in [4.78, 5) is 0.230. The summed E-state index contributed by atoms with van der Waals surface area (Å²) in [5, 5.41) is 0. The molecule has 0 heterocycles. The van der Waals surface area contributed by atoms with Crippen LogP contribution in [0.15, 0.2) is 32.0 Å². The smallest absolute Gasteiger partial charge is 0.241 e. The zero-order valence-corrected chi connectivity index (χ0v) is 13.9. The van der Waals surface area contributed by atoms with Crippen molar-refractivity contribution in [3.05, 3.63) is 27.1 Å². The molecule has 0 aliphatic heterocycles. The number of rotatable bonds is 7. The van der Waals surface area contributed by atoms with Crippen molar-refractivity contribution in [3.63, 3.8) is 0 Å². The maximum atomic E-state index is 12.0. The van der Waals surface area contributed by atoms with E-state index in [0.29, 0.717) is 30.7 Å². The maximum absolute atomic E-state index is 12.0. The summed E-state index contributed by atoms with van der Waals surface area (Å²) in [6.07, 6.45) is 0.651. The summed E-state index contributed by atoms with van der Waals surface area (Å²) < 4.78 is 33.0. The standard InChI is InChI=1S/C11H15Br2NO3S/c1-2-17-7-3-6-14-18(15,16)11-8-9(12)4-5-10(11)13/h4-5,8,14H,2-3,6-7H2,1H3. The molecular formula is C11H15Br2NO3S. The molecule has 0 spiro atoms. The van der Waals surface area contributed by atoms with Crippen molar-refractivity contribution in [2.75, 3.05) is 19.8 Å². The Hall–Kier alpha value is 0.0500. The Morgan fingerprint density at radius 3 is 2.72 bits per heavy atom. The van der Waals surface area contributed by atoms with Gasteiger partial charge in [-0.3, -0.25) is 0 Å². The monoisotopic (exact) mass is 399 g/mol. The van der Waals surface area contributed by atoms with Crippen LogP contribution in [0.3, 0.4) is 0 Å². The van der Waals surface area contributed by atoms with E-state index in [1.54, 1.807) is 18.2 Å². The van der Waals surface area contributed by atoms with Gasteiger partial charge < -0.3 is 4.74 Å². The van der Waals surface area contributed by atoms with Crippen LogP contribution in [0.25, 0.3) is 0 Å². The third-order valence-electron chi connectivity index (χ3n) is 2.14. The molecule has 0 saturated carbocycles. The molecule has 0 unspecified atom stereocenters. The van der Waals surface area contributed by atoms with Gasteiger partial charge in [0.2, 0.25) is 10.0 Å². The first kappa shape index (κ1) is 16.1. The molecule has 0 amide bonds. The first-order valence-corrected chi connectivity index (χ1v) is 8.56. The highest BCUT2D eigenvalue weighted by Crippen LogP contribution is 2.25. The van der Waals surface area contributed by atoms with Gasteiger partial charge in [-0.2, -0.15) is 0 Å². The van der Waals surface area contributed by atoms with E-state index >= 15 is 0 Å². The van der Waals surface area contributed by atoms with Gasteiger partial charge in [0.15, 0.2) is 0 Å². The summed E-state index contributed by atoms with van der Waals surface area (Å²) in [6.45, 7) is 3.46. The highest BCUT2D eigenvalue weighted by Gasteiger charge is 2.17. The number of benzene rings is 1. The molecule has 1 aromatic rings. The minimum absolute atomic E-state index is 0.230. The van der Waals surface area contributed by atoms with Gasteiger partial charge in [-0.15, -0.1) is 0 Å². The number of nitrogens with one attached hydrogen (secondary N) is 1. The van der Waals surface area contributed by atoms with Crippen LogP contribution < -0.4 is 4.72 Å². The van der Waals surface area contributed by atoms with Gasteiger partial charge in [-0.1, -0.05) is 15.9 Å². The van der Waals surface area contributed by atoms with Crippen LogP contribution in [-0.4, -0.2) is 28.2 Å². The molecule has 4 nitrogen and oxygen atoms in total. The summed E-state index contributed by atoms with van der Waals surface area (Å²) in [5.41, 5.74) is 0. The molecule has 0 saturated heterocycles. The van der Waals surface area contributed by atoms with Gasteiger partial charge in [0, 0.05) is 28.7 Å². The van der Waals surface area contributed by atoms with E-state index in [1.165, 1.54) is 0 Å². The fraction of sp³-hybridized carbons (Fsp3) is 0.455. The Morgan fingerprint density at radius 1 is 1.33 bits per heavy atom. The summed E-state index contributed by atoms with van der Waals surface area (Å²) in [6, 6.07) is 5.03. The molecule has 1 aromatic carbocycles. The molecule has 0 radical (unpaired) electrons. The largest absolute Gasteiger partial charge is 0.382 e. The average molecular weight is 401 g/mol. The second-order valence-electron chi connectivity index (χ2n) is 3.52. The molecule has 7 heteroatoms. The molecule has 18 heavy (non-hydrogen) atoms. The van der Waals surface area contributed by atoms with Gasteiger partial charge in [-0.05, 0) is 47.5 Å². The van der Waals surface area contributed by atoms with Crippen LogP contribution in [0.2, 0.25) is 0 Å². The van der Waals surface area contributed by atoms with Crippen LogP contribution in [-0.2, 0) is 14.8 Å². The number of hydrogen-bond donors (Lipinski definition) is 1. The molecule has 0 aromatic heterocycles. The van der Waals surface area contributed by atoms with Crippen LogP contribution in [0.5, 0.6) is 0 Å². The van der Waals surface area contributed by atoms with Crippen molar-refractivity contribution in [1.29, 1.82) is 0 Å². The first-order chi connectivity index (χ1) is 8.47. The second-order valence-corrected chi connectivity index (χ2v) is 7.03. The Bertz CT molecular complexity index is 491. The number of sulfonamides is 1. The van der Waals surface area contributed by atoms with Crippen molar-refractivity contribution in [2.45, 2.75) is 18.2 Å². The molecule has 0 atom stereocenters. The Balaban J connectivity index is 2.66. The van der Waals surface area contributed by atoms with Gasteiger partial charge in [0.25, 0.3) is 0 Å². The van der Waals surface area contributed by atoms with E-state index in [4.69, 9.17) is 4.74 Å². The lowest BCUT2D eigenvalue weighted by molar-refractivity contribution is 0.146. The van der Waals surface area contributed by atoms with E-state index in [2.05, 4.69) is 36.6 Å². The molecule has 0 aliphatic rings. The average Bonchev–Trinajstić information content (AvgIpc) is 2.32. The molecular weight excluding hydrogens is 386 g/mol. The highest BCUT2D eigenvalue weighted by atomic mass is 79.9. The molecule has 1 rings (SSSR count). The van der Waals surface area contributed by atoms with Crippen LogP contribution in [0, 0.1) is 0 Å². The fourth-order valence-corrected chi connectivity index (χ4v) is 3.86. The topological polar surface area (TPSA) is 55.4 Å². The molecule has 1 N–H and O–H groups in total. The lowest BCUT2D eigenvalue weighted by Gasteiger charge is -2.09. The van der Waals surface area contributed by atoms with E-state index in [0.717, 1.165) is 4.47 Å². The van der Waals surface area contributed by atoms with Crippen LogP contribution >= 0.6 is 31.9 Å². The molecule has 102 valence electrons. The summed E-state index contributed by atoms with van der Waals surface area (Å²) in [7, 11) is -3.48. The highest BCUT2D eigenvalue weighted by molar-refractivity contribution is 9.11. The summed E-state index contributed by atoms with van der Waals surface area (Å²) in [5.74, 6) is 0. The zero-order chi connectivity index (χ0) is 13.6. The van der Waals surface area contributed by atoms with E-state index in [9.17, 15) is 8.42 Å². The first-order valence-electron chi connectivity index (χ1n) is 5.50. The van der Waals surface area contributed by atoms with Crippen molar-refractivity contribution < 1.29 is 13.2 Å². The second kappa shape index (κ2) is 7.59. The van der Waals surface area contributed by atoms with Gasteiger partial charge >= 0.3 is 0 Å². The molecule has 0 aliphatic carbocycles. The molecule has 0 fully saturated rings. The predicted molar refractivity (Wildman–Crippen MR) is 78.1 cm³/mol. The Labute approximate surface area is 124 Å². The number of halogens is 2. The predicted octanol–water partition coefficient (Wildman–Crippen LogP) is 2.92. The van der Waals surface area contributed by atoms with Gasteiger partial charge in [0.05, 0.1) is 4.90 Å². The third-order valence-corrected chi connectivity index (χ3v) is 5.09. The normalized spacial score (nSPS) is 11.7.